The monoisotopic (exact) mass is 375 g/mol. The van der Waals surface area contributed by atoms with Crippen LogP contribution in [0.1, 0.15) is 55.8 Å². The molecule has 3 heterocycles. The van der Waals surface area contributed by atoms with Crippen LogP contribution in [0.4, 0.5) is 0 Å². The van der Waals surface area contributed by atoms with Crippen LogP contribution in [0.5, 0.6) is 0 Å². The number of rotatable bonds is 7. The molecule has 1 saturated carbocycles. The van der Waals surface area contributed by atoms with Gasteiger partial charge in [-0.1, -0.05) is 19.3 Å². The summed E-state index contributed by atoms with van der Waals surface area (Å²) in [7, 11) is 1.68. The maximum absolute atomic E-state index is 5.97. The zero-order chi connectivity index (χ0) is 18.5. The molecular weight excluding hydrogens is 346 g/mol. The lowest BCUT2D eigenvalue weighted by Crippen LogP contribution is -2.39. The molecule has 1 aliphatic heterocycles. The van der Waals surface area contributed by atoms with E-state index in [0.29, 0.717) is 25.8 Å². The van der Waals surface area contributed by atoms with Crippen molar-refractivity contribution < 1.29 is 9.47 Å². The van der Waals surface area contributed by atoms with E-state index >= 15 is 0 Å². The van der Waals surface area contributed by atoms with Crippen molar-refractivity contribution in [2.45, 2.75) is 57.3 Å². The van der Waals surface area contributed by atoms with Crippen LogP contribution in [0.25, 0.3) is 0 Å². The highest BCUT2D eigenvalue weighted by atomic mass is 16.5. The first-order valence-electron chi connectivity index (χ1n) is 9.95. The lowest BCUT2D eigenvalue weighted by Gasteiger charge is -2.33. The Labute approximate surface area is 159 Å². The predicted octanol–water partition coefficient (Wildman–Crippen LogP) is 1.59. The van der Waals surface area contributed by atoms with E-state index in [1.165, 1.54) is 37.8 Å². The smallest absolute Gasteiger partial charge is 0.181 e. The van der Waals surface area contributed by atoms with E-state index in [0.717, 1.165) is 25.5 Å². The van der Waals surface area contributed by atoms with Crippen molar-refractivity contribution in [2.24, 2.45) is 0 Å². The van der Waals surface area contributed by atoms with E-state index in [2.05, 4.69) is 30.0 Å². The maximum atomic E-state index is 5.97. The minimum absolute atomic E-state index is 0.114. The molecule has 148 valence electrons. The fourth-order valence-corrected chi connectivity index (χ4v) is 4.15. The molecule has 2 fully saturated rings. The van der Waals surface area contributed by atoms with Gasteiger partial charge in [0, 0.05) is 39.0 Å². The third-order valence-corrected chi connectivity index (χ3v) is 5.61. The molecule has 0 spiro atoms. The largest absolute Gasteiger partial charge is 0.383 e. The summed E-state index contributed by atoms with van der Waals surface area (Å²) in [5, 5.41) is 12.1. The summed E-state index contributed by atoms with van der Waals surface area (Å²) < 4.78 is 15.3. The van der Waals surface area contributed by atoms with Crippen LogP contribution in [-0.2, 0) is 22.6 Å². The first kappa shape index (κ1) is 18.5. The normalized spacial score (nSPS) is 22.3. The second-order valence-electron chi connectivity index (χ2n) is 7.43. The molecule has 1 saturated heterocycles. The fourth-order valence-electron chi connectivity index (χ4n) is 4.15. The first-order valence-corrected chi connectivity index (χ1v) is 9.95. The second-order valence-corrected chi connectivity index (χ2v) is 7.43. The SMILES string of the molecule is COCCn1nnnc1[C@@H]1CN(Cc2cncn2C2CCCCC2)CCO1. The van der Waals surface area contributed by atoms with Gasteiger partial charge in [-0.25, -0.2) is 9.67 Å². The summed E-state index contributed by atoms with van der Waals surface area (Å²) in [5.41, 5.74) is 1.29. The van der Waals surface area contributed by atoms with E-state index in [1.807, 2.05) is 12.5 Å². The average Bonchev–Trinajstić information content (AvgIpc) is 3.36. The van der Waals surface area contributed by atoms with Crippen LogP contribution in [0.3, 0.4) is 0 Å². The molecule has 0 bridgehead atoms. The van der Waals surface area contributed by atoms with Gasteiger partial charge in [0.2, 0.25) is 0 Å². The standard InChI is InChI=1S/C18H29N7O2/c1-26-9-8-25-18(20-21-22-25)17-13-23(7-10-27-17)12-16-11-19-14-24(16)15-5-3-2-4-6-15/h11,14-15,17H,2-10,12-13H2,1H3/t17-/m0/s1. The molecule has 9 nitrogen and oxygen atoms in total. The first-order chi connectivity index (χ1) is 13.3. The summed E-state index contributed by atoms with van der Waals surface area (Å²) in [6.07, 6.45) is 10.5. The van der Waals surface area contributed by atoms with Crippen LogP contribution in [0.2, 0.25) is 0 Å². The minimum Gasteiger partial charge on any atom is -0.383 e. The predicted molar refractivity (Wildman–Crippen MR) is 98.0 cm³/mol. The molecule has 0 amide bonds. The van der Waals surface area contributed by atoms with Crippen LogP contribution in [-0.4, -0.2) is 68.1 Å². The van der Waals surface area contributed by atoms with Gasteiger partial charge in [0.25, 0.3) is 0 Å². The van der Waals surface area contributed by atoms with Crippen molar-refractivity contribution >= 4 is 0 Å². The second kappa shape index (κ2) is 8.90. The Kier molecular flexibility index (Phi) is 6.10. The van der Waals surface area contributed by atoms with Crippen molar-refractivity contribution in [3.05, 3.63) is 24.0 Å². The summed E-state index contributed by atoms with van der Waals surface area (Å²) in [6, 6.07) is 0.606. The van der Waals surface area contributed by atoms with E-state index < -0.39 is 0 Å². The molecule has 2 aromatic heterocycles. The number of aromatic nitrogens is 6. The summed E-state index contributed by atoms with van der Waals surface area (Å²) >= 11 is 0. The minimum atomic E-state index is -0.114. The van der Waals surface area contributed by atoms with Gasteiger partial charge in [-0.2, -0.15) is 0 Å². The van der Waals surface area contributed by atoms with Crippen LogP contribution < -0.4 is 0 Å². The molecule has 0 aromatic carbocycles. The van der Waals surface area contributed by atoms with E-state index in [-0.39, 0.29) is 6.10 Å². The van der Waals surface area contributed by atoms with Crippen molar-refractivity contribution in [1.29, 1.82) is 0 Å². The third kappa shape index (κ3) is 4.36. The maximum Gasteiger partial charge on any atom is 0.181 e. The molecule has 0 unspecified atom stereocenters. The molecular formula is C18H29N7O2. The Hall–Kier alpha value is -1.84. The third-order valence-electron chi connectivity index (χ3n) is 5.61. The molecule has 4 rings (SSSR count). The highest BCUT2D eigenvalue weighted by molar-refractivity contribution is 5.02. The van der Waals surface area contributed by atoms with Gasteiger partial charge in [-0.3, -0.25) is 4.90 Å². The molecule has 1 aliphatic carbocycles. The molecule has 0 radical (unpaired) electrons. The number of hydrogen-bond acceptors (Lipinski definition) is 7. The number of methoxy groups -OCH3 is 1. The summed E-state index contributed by atoms with van der Waals surface area (Å²) in [6.45, 7) is 4.47. The quantitative estimate of drug-likeness (QED) is 0.727. The highest BCUT2D eigenvalue weighted by Crippen LogP contribution is 2.30. The number of imidazole rings is 1. The zero-order valence-corrected chi connectivity index (χ0v) is 16.0. The summed E-state index contributed by atoms with van der Waals surface area (Å²) in [4.78, 5) is 6.85. The van der Waals surface area contributed by atoms with Gasteiger partial charge in [-0.15, -0.1) is 5.10 Å². The van der Waals surface area contributed by atoms with Crippen LogP contribution in [0.15, 0.2) is 12.5 Å². The van der Waals surface area contributed by atoms with Crippen LogP contribution >= 0.6 is 0 Å². The number of nitrogens with zero attached hydrogens (tertiary/aromatic N) is 7. The van der Waals surface area contributed by atoms with Crippen LogP contribution in [0, 0.1) is 0 Å². The van der Waals surface area contributed by atoms with Gasteiger partial charge >= 0.3 is 0 Å². The van der Waals surface area contributed by atoms with Crippen molar-refractivity contribution in [1.82, 2.24) is 34.7 Å². The molecule has 0 N–H and O–H groups in total. The van der Waals surface area contributed by atoms with E-state index in [4.69, 9.17) is 9.47 Å². The molecule has 9 heteroatoms. The van der Waals surface area contributed by atoms with Gasteiger partial charge in [0.15, 0.2) is 5.82 Å². The van der Waals surface area contributed by atoms with Gasteiger partial charge < -0.3 is 14.0 Å². The van der Waals surface area contributed by atoms with Crippen molar-refractivity contribution in [3.8, 4) is 0 Å². The molecule has 1 atom stereocenters. The van der Waals surface area contributed by atoms with E-state index in [1.54, 1.807) is 11.8 Å². The number of hydrogen-bond donors (Lipinski definition) is 0. The molecule has 27 heavy (non-hydrogen) atoms. The Balaban J connectivity index is 1.41. The lowest BCUT2D eigenvalue weighted by atomic mass is 9.95. The Morgan fingerprint density at radius 1 is 1.26 bits per heavy atom. The molecule has 2 aliphatic rings. The lowest BCUT2D eigenvalue weighted by molar-refractivity contribution is -0.0404. The van der Waals surface area contributed by atoms with Gasteiger partial charge in [0.05, 0.1) is 31.8 Å². The molecule has 2 aromatic rings. The van der Waals surface area contributed by atoms with Gasteiger partial charge in [0.1, 0.15) is 6.10 Å². The van der Waals surface area contributed by atoms with Gasteiger partial charge in [-0.05, 0) is 23.3 Å². The van der Waals surface area contributed by atoms with Crippen molar-refractivity contribution in [3.63, 3.8) is 0 Å². The fraction of sp³-hybridized carbons (Fsp3) is 0.778. The Morgan fingerprint density at radius 2 is 2.15 bits per heavy atom. The zero-order valence-electron chi connectivity index (χ0n) is 16.0. The number of ether oxygens (including phenoxy) is 2. The topological polar surface area (TPSA) is 83.1 Å². The average molecular weight is 375 g/mol. The van der Waals surface area contributed by atoms with E-state index in [9.17, 15) is 0 Å². The highest BCUT2D eigenvalue weighted by Gasteiger charge is 2.28. The Bertz CT molecular complexity index is 710. The summed E-state index contributed by atoms with van der Waals surface area (Å²) in [5.74, 6) is 0.775. The number of morpholine rings is 1. The Morgan fingerprint density at radius 3 is 3.00 bits per heavy atom. The number of tetrazole rings is 1. The van der Waals surface area contributed by atoms with Crippen molar-refractivity contribution in [2.75, 3.05) is 33.4 Å².